The van der Waals surface area contributed by atoms with E-state index in [1.54, 1.807) is 12.4 Å². The zero-order valence-corrected chi connectivity index (χ0v) is 13.4. The first-order chi connectivity index (χ1) is 11.9. The number of amidine groups is 1. The molecule has 1 N–H and O–H groups in total. The Morgan fingerprint density at radius 1 is 1.24 bits per heavy atom. The Balaban J connectivity index is 1.61. The summed E-state index contributed by atoms with van der Waals surface area (Å²) in [4.78, 5) is 13.1. The second-order valence-corrected chi connectivity index (χ2v) is 6.17. The first-order valence-corrected chi connectivity index (χ1v) is 7.90. The summed E-state index contributed by atoms with van der Waals surface area (Å²) in [6, 6.07) is 4.46. The van der Waals surface area contributed by atoms with Gasteiger partial charge in [-0.25, -0.2) is 4.99 Å². The molecule has 7 heteroatoms. The molecule has 25 heavy (non-hydrogen) atoms. The van der Waals surface area contributed by atoms with E-state index in [-0.39, 0.29) is 24.2 Å². The highest BCUT2D eigenvalue weighted by molar-refractivity contribution is 6.18. The molecule has 128 valence electrons. The molecule has 1 aromatic rings. The molecule has 2 unspecified atom stereocenters. The van der Waals surface area contributed by atoms with Gasteiger partial charge in [-0.05, 0) is 30.2 Å². The normalized spacial score (nSPS) is 24.6. The molecular weight excluding hydrogens is 329 g/mol. The van der Waals surface area contributed by atoms with Crippen molar-refractivity contribution in [3.63, 3.8) is 0 Å². The number of nitrogens with one attached hydrogen (secondary N) is 1. The number of hydrogen-bond donors (Lipinski definition) is 1. The van der Waals surface area contributed by atoms with Gasteiger partial charge in [0.05, 0.1) is 36.2 Å². The summed E-state index contributed by atoms with van der Waals surface area (Å²) in [6.07, 6.45) is 3.18. The molecule has 2 atom stereocenters. The average molecular weight is 344 g/mol. The number of alkyl halides is 3. The minimum absolute atomic E-state index is 0.0816. The Hall–Kier alpha value is -2.70. The van der Waals surface area contributed by atoms with Crippen molar-refractivity contribution in [2.45, 2.75) is 25.2 Å². The number of halogens is 3. The number of aliphatic imine (C=N–C) groups is 3. The van der Waals surface area contributed by atoms with Crippen molar-refractivity contribution in [1.82, 2.24) is 5.32 Å². The van der Waals surface area contributed by atoms with Gasteiger partial charge in [0.2, 0.25) is 0 Å². The number of fused-ring (bicyclic) bond motifs is 1. The number of benzene rings is 1. The summed E-state index contributed by atoms with van der Waals surface area (Å²) in [5.74, 6) is 0.549. The summed E-state index contributed by atoms with van der Waals surface area (Å²) >= 11 is 0. The summed E-state index contributed by atoms with van der Waals surface area (Å²) in [5.41, 5.74) is 1.43. The molecule has 3 aliphatic rings. The van der Waals surface area contributed by atoms with E-state index < -0.39 is 11.7 Å². The van der Waals surface area contributed by atoms with Crippen LogP contribution in [0.25, 0.3) is 0 Å². The van der Waals surface area contributed by atoms with Crippen molar-refractivity contribution in [1.29, 1.82) is 0 Å². The Morgan fingerprint density at radius 3 is 2.88 bits per heavy atom. The Bertz CT molecular complexity index is 875. The molecule has 2 aliphatic heterocycles. The van der Waals surface area contributed by atoms with E-state index in [0.29, 0.717) is 17.1 Å². The molecular formula is C18H15F3N4. The topological polar surface area (TPSA) is 49.1 Å². The molecule has 0 fully saturated rings. The van der Waals surface area contributed by atoms with Gasteiger partial charge in [-0.1, -0.05) is 24.3 Å². The van der Waals surface area contributed by atoms with Crippen molar-refractivity contribution < 1.29 is 13.2 Å². The monoisotopic (exact) mass is 344 g/mol. The van der Waals surface area contributed by atoms with E-state index >= 15 is 0 Å². The predicted octanol–water partition coefficient (Wildman–Crippen LogP) is 3.08. The summed E-state index contributed by atoms with van der Waals surface area (Å²) < 4.78 is 39.3. The van der Waals surface area contributed by atoms with Crippen LogP contribution < -0.4 is 5.32 Å². The maximum Gasteiger partial charge on any atom is 0.416 e. The summed E-state index contributed by atoms with van der Waals surface area (Å²) in [7, 11) is 0. The van der Waals surface area contributed by atoms with Crippen LogP contribution in [-0.4, -0.2) is 36.5 Å². The third kappa shape index (κ3) is 2.90. The quantitative estimate of drug-likeness (QED) is 0.881. The largest absolute Gasteiger partial charge is 0.416 e. The molecule has 2 heterocycles. The van der Waals surface area contributed by atoms with E-state index in [4.69, 9.17) is 0 Å². The number of aryl methyl sites for hydroxylation is 1. The van der Waals surface area contributed by atoms with E-state index in [1.165, 1.54) is 13.0 Å². The minimum Gasteiger partial charge on any atom is -0.368 e. The lowest BCUT2D eigenvalue weighted by Crippen LogP contribution is -2.31. The van der Waals surface area contributed by atoms with E-state index in [1.807, 2.05) is 18.2 Å². The van der Waals surface area contributed by atoms with E-state index in [0.717, 1.165) is 11.6 Å². The van der Waals surface area contributed by atoms with Crippen LogP contribution in [0.1, 0.15) is 16.7 Å². The van der Waals surface area contributed by atoms with Gasteiger partial charge in [0.25, 0.3) is 0 Å². The second-order valence-electron chi connectivity index (χ2n) is 6.17. The molecule has 0 radical (unpaired) electrons. The first-order valence-electron chi connectivity index (χ1n) is 7.90. The molecule has 1 aliphatic carbocycles. The fourth-order valence-electron chi connectivity index (χ4n) is 3.09. The van der Waals surface area contributed by atoms with Crippen LogP contribution in [0.5, 0.6) is 0 Å². The van der Waals surface area contributed by atoms with Crippen molar-refractivity contribution in [3.8, 4) is 0 Å². The maximum atomic E-state index is 13.1. The van der Waals surface area contributed by atoms with Gasteiger partial charge in [0, 0.05) is 5.57 Å². The van der Waals surface area contributed by atoms with Crippen molar-refractivity contribution in [2.75, 3.05) is 6.54 Å². The molecule has 0 saturated carbocycles. The third-order valence-electron chi connectivity index (χ3n) is 4.47. The Kier molecular flexibility index (Phi) is 3.59. The smallest absolute Gasteiger partial charge is 0.368 e. The lowest BCUT2D eigenvalue weighted by atomic mass is 9.99. The van der Waals surface area contributed by atoms with Crippen LogP contribution in [0, 0.1) is 6.92 Å². The van der Waals surface area contributed by atoms with Gasteiger partial charge in [0.1, 0.15) is 0 Å². The van der Waals surface area contributed by atoms with Crippen LogP contribution in [0.3, 0.4) is 0 Å². The SMILES string of the molecule is Cc1ccc(C2=NC(C3=CC4NC=NC4C=C3)=NC2)cc1C(F)(F)F. The molecule has 0 saturated heterocycles. The van der Waals surface area contributed by atoms with Crippen LogP contribution in [0.4, 0.5) is 13.2 Å². The Labute approximate surface area is 142 Å². The highest BCUT2D eigenvalue weighted by Gasteiger charge is 2.33. The highest BCUT2D eigenvalue weighted by Crippen LogP contribution is 2.32. The van der Waals surface area contributed by atoms with Crippen LogP contribution in [-0.2, 0) is 6.18 Å². The molecule has 1 aromatic carbocycles. The highest BCUT2D eigenvalue weighted by atomic mass is 19.4. The van der Waals surface area contributed by atoms with Gasteiger partial charge >= 0.3 is 6.18 Å². The first kappa shape index (κ1) is 15.8. The number of hydrogen-bond acceptors (Lipinski definition) is 4. The fourth-order valence-corrected chi connectivity index (χ4v) is 3.09. The van der Waals surface area contributed by atoms with Gasteiger partial charge in [-0.15, -0.1) is 0 Å². The number of rotatable bonds is 2. The van der Waals surface area contributed by atoms with Gasteiger partial charge in [0.15, 0.2) is 5.84 Å². The van der Waals surface area contributed by atoms with E-state index in [2.05, 4.69) is 20.3 Å². The van der Waals surface area contributed by atoms with Gasteiger partial charge in [-0.2, -0.15) is 13.2 Å². The third-order valence-corrected chi connectivity index (χ3v) is 4.47. The molecule has 4 nitrogen and oxygen atoms in total. The predicted molar refractivity (Wildman–Crippen MR) is 91.4 cm³/mol. The van der Waals surface area contributed by atoms with Crippen LogP contribution >= 0.6 is 0 Å². The van der Waals surface area contributed by atoms with Crippen molar-refractivity contribution >= 4 is 17.9 Å². The zero-order chi connectivity index (χ0) is 17.6. The van der Waals surface area contributed by atoms with Crippen LogP contribution in [0.2, 0.25) is 0 Å². The minimum atomic E-state index is -4.37. The molecule has 0 spiro atoms. The molecule has 0 amide bonds. The fraction of sp³-hybridized carbons (Fsp3) is 0.278. The molecule has 0 aromatic heterocycles. The lowest BCUT2D eigenvalue weighted by molar-refractivity contribution is -0.138. The van der Waals surface area contributed by atoms with E-state index in [9.17, 15) is 13.2 Å². The standard InChI is InChI=1S/C18H15F3N4/c1-10-2-3-11(6-13(10)18(19,20)21)16-8-22-17(25-16)12-4-5-14-15(7-12)24-9-23-14/h2-7,9,14-15H,8H2,1H3,(H,23,24). The second kappa shape index (κ2) is 5.68. The zero-order valence-electron chi connectivity index (χ0n) is 13.4. The number of nitrogens with zero attached hydrogens (tertiary/aromatic N) is 3. The van der Waals surface area contributed by atoms with Crippen LogP contribution in [0.15, 0.2) is 57.0 Å². The average Bonchev–Trinajstić information content (AvgIpc) is 3.22. The lowest BCUT2D eigenvalue weighted by Gasteiger charge is -2.16. The van der Waals surface area contributed by atoms with Crippen molar-refractivity contribution in [2.24, 2.45) is 15.0 Å². The van der Waals surface area contributed by atoms with Gasteiger partial charge < -0.3 is 5.32 Å². The van der Waals surface area contributed by atoms with Gasteiger partial charge in [-0.3, -0.25) is 9.98 Å². The maximum absolute atomic E-state index is 13.1. The Morgan fingerprint density at radius 2 is 2.08 bits per heavy atom. The molecule has 4 rings (SSSR count). The molecule has 0 bridgehead atoms. The van der Waals surface area contributed by atoms with Crippen molar-refractivity contribution in [3.05, 3.63) is 58.7 Å². The summed E-state index contributed by atoms with van der Waals surface area (Å²) in [6.45, 7) is 1.73. The summed E-state index contributed by atoms with van der Waals surface area (Å²) in [5, 5.41) is 3.14.